The van der Waals surface area contributed by atoms with Gasteiger partial charge in [0.15, 0.2) is 5.78 Å². The molecule has 2 heterocycles. The van der Waals surface area contributed by atoms with Crippen LogP contribution in [0.2, 0.25) is 0 Å². The van der Waals surface area contributed by atoms with Crippen LogP contribution in [0.3, 0.4) is 0 Å². The van der Waals surface area contributed by atoms with E-state index in [0.29, 0.717) is 30.9 Å². The van der Waals surface area contributed by atoms with E-state index in [-0.39, 0.29) is 24.5 Å². The molecule has 3 aromatic rings. The number of hydrogen-bond donors (Lipinski definition) is 1. The predicted molar refractivity (Wildman–Crippen MR) is 127 cm³/mol. The Labute approximate surface area is 194 Å². The summed E-state index contributed by atoms with van der Waals surface area (Å²) in [6, 6.07) is 11.9. The van der Waals surface area contributed by atoms with Gasteiger partial charge in [-0.3, -0.25) is 9.59 Å². The van der Waals surface area contributed by atoms with Crippen molar-refractivity contribution in [2.75, 3.05) is 13.7 Å². The Morgan fingerprint density at radius 1 is 1.15 bits per heavy atom. The van der Waals surface area contributed by atoms with E-state index in [2.05, 4.69) is 4.98 Å². The van der Waals surface area contributed by atoms with E-state index in [1.54, 1.807) is 20.2 Å². The van der Waals surface area contributed by atoms with Crippen molar-refractivity contribution < 1.29 is 24.2 Å². The van der Waals surface area contributed by atoms with Crippen molar-refractivity contribution in [3.63, 3.8) is 0 Å². The van der Waals surface area contributed by atoms with Crippen molar-refractivity contribution in [3.05, 3.63) is 59.4 Å². The fourth-order valence-electron chi connectivity index (χ4n) is 4.11. The molecule has 0 saturated heterocycles. The van der Waals surface area contributed by atoms with Crippen LogP contribution in [0, 0.1) is 5.92 Å². The number of carboxylic acids is 1. The fraction of sp³-hybridized carbons (Fsp3) is 0.423. The molecule has 0 saturated carbocycles. The van der Waals surface area contributed by atoms with Crippen LogP contribution < -0.4 is 4.74 Å². The van der Waals surface area contributed by atoms with Gasteiger partial charge in [-0.1, -0.05) is 37.3 Å². The minimum Gasteiger partial charge on any atom is -0.495 e. The summed E-state index contributed by atoms with van der Waals surface area (Å²) >= 11 is 0. The van der Waals surface area contributed by atoms with Gasteiger partial charge in [0.1, 0.15) is 11.4 Å². The zero-order valence-electron chi connectivity index (χ0n) is 19.5. The van der Waals surface area contributed by atoms with Crippen LogP contribution in [0.1, 0.15) is 54.2 Å². The number of ketones is 1. The molecule has 1 aromatic carbocycles. The maximum absolute atomic E-state index is 13.3. The van der Waals surface area contributed by atoms with E-state index in [1.807, 2.05) is 48.0 Å². The molecular formula is C26H32N2O5. The Kier molecular flexibility index (Phi) is 8.60. The summed E-state index contributed by atoms with van der Waals surface area (Å²) in [6.45, 7) is 3.02. The largest absolute Gasteiger partial charge is 0.495 e. The van der Waals surface area contributed by atoms with E-state index in [1.165, 1.54) is 0 Å². The molecule has 0 bridgehead atoms. The van der Waals surface area contributed by atoms with Crippen LogP contribution in [0.25, 0.3) is 11.0 Å². The highest BCUT2D eigenvalue weighted by atomic mass is 16.5. The number of ether oxygens (including phenoxy) is 2. The molecule has 0 aliphatic rings. The maximum Gasteiger partial charge on any atom is 0.303 e. The molecule has 0 radical (unpaired) electrons. The topological polar surface area (TPSA) is 90.7 Å². The second kappa shape index (κ2) is 11.6. The number of rotatable bonds is 13. The Balaban J connectivity index is 1.72. The number of nitrogens with zero attached hydrogens (tertiary/aromatic N) is 2. The average molecular weight is 453 g/mol. The van der Waals surface area contributed by atoms with E-state index >= 15 is 0 Å². The molecule has 1 unspecified atom stereocenters. The highest BCUT2D eigenvalue weighted by molar-refractivity contribution is 6.09. The third-order valence-electron chi connectivity index (χ3n) is 5.76. The minimum atomic E-state index is -0.896. The number of Topliss-reactive ketones (excluding diaryl/α,β-unsaturated/α-hetero) is 1. The van der Waals surface area contributed by atoms with Gasteiger partial charge in [0, 0.05) is 43.1 Å². The Morgan fingerprint density at radius 2 is 1.91 bits per heavy atom. The molecule has 3 rings (SSSR count). The van der Waals surface area contributed by atoms with Gasteiger partial charge in [-0.15, -0.1) is 0 Å². The van der Waals surface area contributed by atoms with E-state index in [9.17, 15) is 9.59 Å². The lowest BCUT2D eigenvalue weighted by molar-refractivity contribution is -0.137. The lowest BCUT2D eigenvalue weighted by Crippen LogP contribution is -2.12. The number of hydrogen-bond acceptors (Lipinski definition) is 5. The van der Waals surface area contributed by atoms with Crippen LogP contribution in [0.15, 0.2) is 42.6 Å². The van der Waals surface area contributed by atoms with Gasteiger partial charge in [-0.2, -0.15) is 0 Å². The summed E-state index contributed by atoms with van der Waals surface area (Å²) in [4.78, 5) is 28.8. The number of aromatic nitrogens is 2. The number of fused-ring (bicyclic) bond motifs is 1. The number of methoxy groups -OCH3 is 1. The number of carboxylic acid groups (broad SMARTS) is 1. The lowest BCUT2D eigenvalue weighted by atomic mass is 9.94. The van der Waals surface area contributed by atoms with E-state index < -0.39 is 5.97 Å². The summed E-state index contributed by atoms with van der Waals surface area (Å²) in [6.07, 6.45) is 4.22. The first-order valence-electron chi connectivity index (χ1n) is 11.3. The summed E-state index contributed by atoms with van der Waals surface area (Å²) < 4.78 is 13.1. The van der Waals surface area contributed by atoms with Crippen LogP contribution in [-0.4, -0.2) is 40.1 Å². The van der Waals surface area contributed by atoms with Gasteiger partial charge in [0.2, 0.25) is 0 Å². The molecule has 176 valence electrons. The van der Waals surface area contributed by atoms with Crippen molar-refractivity contribution in [1.82, 2.24) is 9.55 Å². The zero-order chi connectivity index (χ0) is 23.8. The Bertz CT molecular complexity index is 1090. The fourth-order valence-corrected chi connectivity index (χ4v) is 4.11. The van der Waals surface area contributed by atoms with Crippen molar-refractivity contribution in [2.45, 2.75) is 45.6 Å². The Hall–Kier alpha value is -3.19. The molecule has 1 atom stereocenters. The monoisotopic (exact) mass is 452 g/mol. The molecule has 0 spiro atoms. The molecule has 0 aliphatic carbocycles. The zero-order valence-corrected chi connectivity index (χ0v) is 19.5. The molecular weight excluding hydrogens is 420 g/mol. The van der Waals surface area contributed by atoms with Crippen LogP contribution in [0.4, 0.5) is 0 Å². The number of aliphatic carboxylic acids is 1. The van der Waals surface area contributed by atoms with Gasteiger partial charge >= 0.3 is 5.97 Å². The number of aryl methyl sites for hydroxylation is 1. The molecule has 0 aliphatic heterocycles. The van der Waals surface area contributed by atoms with Gasteiger partial charge in [-0.05, 0) is 36.8 Å². The first kappa shape index (κ1) is 24.5. The standard InChI is InChI=1S/C26H32N2O5/c1-18(14-24(30)31)13-23(29)25-21-15-20(32-3)16-27-26(21)28(2)22(25)11-7-8-12-33-17-19-9-5-4-6-10-19/h4-6,9-10,15-16,18H,7-8,11-14,17H2,1-3H3,(H,30,31). The van der Waals surface area contributed by atoms with Gasteiger partial charge < -0.3 is 19.1 Å². The second-order valence-electron chi connectivity index (χ2n) is 8.45. The molecule has 7 nitrogen and oxygen atoms in total. The minimum absolute atomic E-state index is 0.0356. The predicted octanol–water partition coefficient (Wildman–Crippen LogP) is 4.81. The van der Waals surface area contributed by atoms with E-state index in [0.717, 1.165) is 35.1 Å². The second-order valence-corrected chi connectivity index (χ2v) is 8.45. The van der Waals surface area contributed by atoms with Crippen molar-refractivity contribution in [1.29, 1.82) is 0 Å². The highest BCUT2D eigenvalue weighted by Crippen LogP contribution is 2.30. The molecule has 0 amide bonds. The highest BCUT2D eigenvalue weighted by Gasteiger charge is 2.24. The van der Waals surface area contributed by atoms with Crippen molar-refractivity contribution in [2.24, 2.45) is 13.0 Å². The quantitative estimate of drug-likeness (QED) is 0.296. The first-order chi connectivity index (χ1) is 15.9. The summed E-state index contributed by atoms with van der Waals surface area (Å²) in [5.41, 5.74) is 3.41. The average Bonchev–Trinajstić information content (AvgIpc) is 3.07. The molecule has 2 aromatic heterocycles. The summed E-state index contributed by atoms with van der Waals surface area (Å²) in [5.74, 6) is -0.614. The van der Waals surface area contributed by atoms with Crippen LogP contribution in [-0.2, 0) is 29.6 Å². The summed E-state index contributed by atoms with van der Waals surface area (Å²) in [5, 5.41) is 9.82. The van der Waals surface area contributed by atoms with Gasteiger partial charge in [0.05, 0.1) is 19.9 Å². The van der Waals surface area contributed by atoms with Crippen LogP contribution in [0.5, 0.6) is 5.75 Å². The molecule has 33 heavy (non-hydrogen) atoms. The number of unbranched alkanes of at least 4 members (excludes halogenated alkanes) is 1. The third-order valence-corrected chi connectivity index (χ3v) is 5.76. The van der Waals surface area contributed by atoms with Crippen molar-refractivity contribution in [3.8, 4) is 5.75 Å². The molecule has 1 N–H and O–H groups in total. The van der Waals surface area contributed by atoms with Gasteiger partial charge in [0.25, 0.3) is 0 Å². The SMILES string of the molecule is COc1cnc2c(c1)c(C(=O)CC(C)CC(=O)O)c(CCCCOCc1ccccc1)n2C. The Morgan fingerprint density at radius 3 is 2.61 bits per heavy atom. The smallest absolute Gasteiger partial charge is 0.303 e. The van der Waals surface area contributed by atoms with Gasteiger partial charge in [-0.25, -0.2) is 4.98 Å². The maximum atomic E-state index is 13.3. The van der Waals surface area contributed by atoms with Crippen LogP contribution >= 0.6 is 0 Å². The van der Waals surface area contributed by atoms with Crippen molar-refractivity contribution >= 4 is 22.8 Å². The summed E-state index contributed by atoms with van der Waals surface area (Å²) in [7, 11) is 3.49. The first-order valence-corrected chi connectivity index (χ1v) is 11.3. The van der Waals surface area contributed by atoms with E-state index in [4.69, 9.17) is 14.6 Å². The number of carbonyl (C=O) groups is 2. The normalized spacial score (nSPS) is 12.1. The molecule has 7 heteroatoms. The number of pyridine rings is 1. The number of carbonyl (C=O) groups excluding carboxylic acids is 1. The lowest BCUT2D eigenvalue weighted by Gasteiger charge is -2.11. The molecule has 0 fully saturated rings. The third kappa shape index (κ3) is 6.42. The number of benzene rings is 1.